The van der Waals surface area contributed by atoms with Crippen molar-refractivity contribution in [2.24, 2.45) is 0 Å². The van der Waals surface area contributed by atoms with Crippen LogP contribution in [0.4, 0.5) is 17.6 Å². The second-order valence-electron chi connectivity index (χ2n) is 7.82. The maximum absolute atomic E-state index is 15.4. The van der Waals surface area contributed by atoms with E-state index in [1.165, 1.54) is 83.4 Å². The minimum atomic E-state index is -0.796. The van der Waals surface area contributed by atoms with Crippen molar-refractivity contribution in [3.63, 3.8) is 0 Å². The molecule has 0 saturated heterocycles. The zero-order valence-electron chi connectivity index (χ0n) is 18.2. The Bertz CT molecular complexity index is 1380. The van der Waals surface area contributed by atoms with Crippen molar-refractivity contribution in [2.75, 3.05) is 0 Å². The van der Waals surface area contributed by atoms with E-state index in [1.807, 2.05) is 48.5 Å². The topological polar surface area (TPSA) is 0 Å². The molecular formula is C28H14F4S4. The van der Waals surface area contributed by atoms with Crippen LogP contribution in [0, 0.1) is 23.3 Å². The van der Waals surface area contributed by atoms with E-state index in [4.69, 9.17) is 0 Å². The molecule has 2 aliphatic heterocycles. The fraction of sp³-hybridized carbons (Fsp3) is 0. The van der Waals surface area contributed by atoms with E-state index in [9.17, 15) is 0 Å². The largest absolute Gasteiger partial charge is 0.206 e. The van der Waals surface area contributed by atoms with Gasteiger partial charge in [-0.3, -0.25) is 0 Å². The quantitative estimate of drug-likeness (QED) is 0.231. The molecule has 0 bridgehead atoms. The molecule has 0 amide bonds. The van der Waals surface area contributed by atoms with Crippen LogP contribution in [0.25, 0.3) is 11.1 Å². The Balaban J connectivity index is 1.70. The molecule has 4 aromatic carbocycles. The first kappa shape index (κ1) is 23.9. The average Bonchev–Trinajstić information content (AvgIpc) is 3.48. The number of halogens is 4. The van der Waals surface area contributed by atoms with E-state index >= 15 is 17.6 Å². The molecule has 178 valence electrons. The third kappa shape index (κ3) is 4.20. The van der Waals surface area contributed by atoms with E-state index in [0.29, 0.717) is 8.47 Å². The zero-order chi connectivity index (χ0) is 24.8. The van der Waals surface area contributed by atoms with Gasteiger partial charge >= 0.3 is 0 Å². The SMILES string of the molecule is Fc1cccc(F)c1C(=C1Sc2ccccc2S1)C(=C1Sc2ccccc2S1)c1c(F)cccc1F. The van der Waals surface area contributed by atoms with Crippen LogP contribution in [0.15, 0.2) is 113 Å². The Labute approximate surface area is 222 Å². The van der Waals surface area contributed by atoms with Crippen LogP contribution in [-0.4, -0.2) is 0 Å². The first-order chi connectivity index (χ1) is 17.5. The first-order valence-corrected chi connectivity index (χ1v) is 14.0. The number of allylic oxidation sites excluding steroid dienone is 2. The number of benzene rings is 4. The molecular weight excluding hydrogens is 541 g/mol. The van der Waals surface area contributed by atoms with Crippen LogP contribution < -0.4 is 0 Å². The lowest BCUT2D eigenvalue weighted by atomic mass is 9.93. The fourth-order valence-electron chi connectivity index (χ4n) is 4.01. The van der Waals surface area contributed by atoms with Gasteiger partial charge in [-0.15, -0.1) is 0 Å². The number of hydrogen-bond acceptors (Lipinski definition) is 4. The van der Waals surface area contributed by atoms with Gasteiger partial charge in [0.1, 0.15) is 23.3 Å². The minimum Gasteiger partial charge on any atom is -0.206 e. The van der Waals surface area contributed by atoms with Crippen molar-refractivity contribution in [1.82, 2.24) is 0 Å². The lowest BCUT2D eigenvalue weighted by Crippen LogP contribution is -2.04. The highest BCUT2D eigenvalue weighted by Crippen LogP contribution is 2.61. The van der Waals surface area contributed by atoms with Gasteiger partial charge < -0.3 is 0 Å². The van der Waals surface area contributed by atoms with Crippen molar-refractivity contribution in [2.45, 2.75) is 19.6 Å². The fourth-order valence-corrected chi connectivity index (χ4v) is 9.21. The molecule has 0 atom stereocenters. The summed E-state index contributed by atoms with van der Waals surface area (Å²) in [6, 6.07) is 22.4. The summed E-state index contributed by atoms with van der Waals surface area (Å²) in [7, 11) is 0. The number of fused-ring (bicyclic) bond motifs is 2. The lowest BCUT2D eigenvalue weighted by Gasteiger charge is -2.20. The highest BCUT2D eigenvalue weighted by molar-refractivity contribution is 8.25. The molecule has 0 radical (unpaired) electrons. The van der Waals surface area contributed by atoms with Crippen LogP contribution in [-0.2, 0) is 0 Å². The summed E-state index contributed by atoms with van der Waals surface area (Å²) in [6.45, 7) is 0. The highest BCUT2D eigenvalue weighted by atomic mass is 32.2. The summed E-state index contributed by atoms with van der Waals surface area (Å²) in [4.78, 5) is 3.67. The first-order valence-electron chi connectivity index (χ1n) is 10.8. The Morgan fingerprint density at radius 3 is 0.944 bits per heavy atom. The predicted molar refractivity (Wildman–Crippen MR) is 143 cm³/mol. The number of thioether (sulfide) groups is 4. The Hall–Kier alpha value is -2.52. The van der Waals surface area contributed by atoms with Gasteiger partial charge in [0, 0.05) is 30.7 Å². The molecule has 0 N–H and O–H groups in total. The normalized spacial score (nSPS) is 14.1. The van der Waals surface area contributed by atoms with E-state index in [1.54, 1.807) is 0 Å². The van der Waals surface area contributed by atoms with Crippen LogP contribution in [0.2, 0.25) is 0 Å². The molecule has 8 heteroatoms. The maximum atomic E-state index is 15.4. The summed E-state index contributed by atoms with van der Waals surface area (Å²) in [6.07, 6.45) is 0. The van der Waals surface area contributed by atoms with Gasteiger partial charge in [-0.1, -0.05) is 83.4 Å². The van der Waals surface area contributed by atoms with Crippen LogP contribution >= 0.6 is 47.0 Å². The second-order valence-corrected chi connectivity index (χ2v) is 12.5. The Morgan fingerprint density at radius 2 is 0.667 bits per heavy atom. The summed E-state index contributed by atoms with van der Waals surface area (Å²) >= 11 is 5.38. The molecule has 0 saturated carbocycles. The third-order valence-corrected chi connectivity index (χ3v) is 10.7. The summed E-state index contributed by atoms with van der Waals surface area (Å²) in [5, 5.41) is 0. The summed E-state index contributed by atoms with van der Waals surface area (Å²) < 4.78 is 62.7. The molecule has 36 heavy (non-hydrogen) atoms. The smallest absolute Gasteiger partial charge is 0.134 e. The molecule has 0 nitrogen and oxygen atoms in total. The molecule has 0 aromatic heterocycles. The van der Waals surface area contributed by atoms with Gasteiger partial charge in [0.05, 0.1) is 19.6 Å². The van der Waals surface area contributed by atoms with Crippen LogP contribution in [0.5, 0.6) is 0 Å². The minimum absolute atomic E-state index is 0.142. The van der Waals surface area contributed by atoms with Gasteiger partial charge in [0.2, 0.25) is 0 Å². The summed E-state index contributed by atoms with van der Waals surface area (Å²) in [5.74, 6) is -3.19. The van der Waals surface area contributed by atoms with Crippen molar-refractivity contribution in [1.29, 1.82) is 0 Å². The molecule has 6 rings (SSSR count). The maximum Gasteiger partial charge on any atom is 0.134 e. The van der Waals surface area contributed by atoms with Crippen molar-refractivity contribution < 1.29 is 17.6 Å². The van der Waals surface area contributed by atoms with Crippen molar-refractivity contribution in [3.8, 4) is 0 Å². The van der Waals surface area contributed by atoms with Gasteiger partial charge in [0.15, 0.2) is 0 Å². The second kappa shape index (κ2) is 9.74. The third-order valence-electron chi connectivity index (χ3n) is 5.59. The van der Waals surface area contributed by atoms with Crippen molar-refractivity contribution >= 4 is 58.2 Å². The van der Waals surface area contributed by atoms with Crippen LogP contribution in [0.1, 0.15) is 11.1 Å². The van der Waals surface area contributed by atoms with Crippen LogP contribution in [0.3, 0.4) is 0 Å². The summed E-state index contributed by atoms with van der Waals surface area (Å²) in [5.41, 5.74) is -0.322. The van der Waals surface area contributed by atoms with E-state index in [0.717, 1.165) is 19.6 Å². The highest BCUT2D eigenvalue weighted by Gasteiger charge is 2.34. The van der Waals surface area contributed by atoms with Gasteiger partial charge in [-0.05, 0) is 48.5 Å². The molecule has 4 aromatic rings. The number of rotatable bonds is 3. The molecule has 0 aliphatic carbocycles. The molecule has 0 spiro atoms. The number of hydrogen-bond donors (Lipinski definition) is 0. The molecule has 0 unspecified atom stereocenters. The average molecular weight is 555 g/mol. The Kier molecular flexibility index (Phi) is 6.46. The van der Waals surface area contributed by atoms with Crippen molar-refractivity contribution in [3.05, 3.63) is 128 Å². The van der Waals surface area contributed by atoms with E-state index < -0.39 is 23.3 Å². The van der Waals surface area contributed by atoms with E-state index in [-0.39, 0.29) is 22.3 Å². The molecule has 2 aliphatic rings. The van der Waals surface area contributed by atoms with Gasteiger partial charge in [-0.2, -0.15) is 0 Å². The zero-order valence-corrected chi connectivity index (χ0v) is 21.5. The van der Waals surface area contributed by atoms with E-state index in [2.05, 4.69) is 0 Å². The predicted octanol–water partition coefficient (Wildman–Crippen LogP) is 10.1. The molecule has 0 fully saturated rings. The lowest BCUT2D eigenvalue weighted by molar-refractivity contribution is 0.573. The monoisotopic (exact) mass is 554 g/mol. The standard InChI is InChI=1S/C28H14F4S4/c29-15-7-5-8-16(30)23(15)25(27-33-19-11-1-2-12-20(19)34-27)26(24-17(31)9-6-10-18(24)32)28-35-21-13-3-4-14-22(21)36-28/h1-14H. The molecule has 2 heterocycles. The van der Waals surface area contributed by atoms with Gasteiger partial charge in [0.25, 0.3) is 0 Å². The van der Waals surface area contributed by atoms with Gasteiger partial charge in [-0.25, -0.2) is 17.6 Å². The Morgan fingerprint density at radius 1 is 0.389 bits per heavy atom.